The van der Waals surface area contributed by atoms with Crippen molar-refractivity contribution in [2.45, 2.75) is 39.7 Å². The van der Waals surface area contributed by atoms with E-state index in [1.54, 1.807) is 0 Å². The van der Waals surface area contributed by atoms with Gasteiger partial charge in [-0.25, -0.2) is 9.78 Å². The van der Waals surface area contributed by atoms with Crippen LogP contribution in [0.1, 0.15) is 45.3 Å². The highest BCUT2D eigenvalue weighted by molar-refractivity contribution is 5.83. The Balaban J connectivity index is 2.24. The molecule has 0 aromatic heterocycles. The highest BCUT2D eigenvalue weighted by Gasteiger charge is 2.20. The van der Waals surface area contributed by atoms with Gasteiger partial charge in [-0.1, -0.05) is 63.6 Å². The Labute approximate surface area is 121 Å². The Morgan fingerprint density at radius 3 is 2.45 bits per heavy atom. The maximum Gasteiger partial charge on any atom is 0.120 e. The average Bonchev–Trinajstić information content (AvgIpc) is 2.50. The minimum atomic E-state index is -0.00356. The van der Waals surface area contributed by atoms with Gasteiger partial charge in [-0.2, -0.15) is 0 Å². The summed E-state index contributed by atoms with van der Waals surface area (Å²) in [4.78, 5) is 11.0. The minimum absolute atomic E-state index is 0.00356. The molecule has 0 radical (unpaired) electrons. The van der Waals surface area contributed by atoms with Gasteiger partial charge < -0.3 is 0 Å². The first-order valence-electron chi connectivity index (χ1n) is 7.53. The van der Waals surface area contributed by atoms with Crippen LogP contribution in [-0.2, 0) is 9.78 Å². The quantitative estimate of drug-likeness (QED) is 0.387. The lowest BCUT2D eigenvalue weighted by molar-refractivity contribution is -0.336. The van der Waals surface area contributed by atoms with Crippen LogP contribution in [0.25, 0.3) is 10.8 Å². The van der Waals surface area contributed by atoms with Gasteiger partial charge in [0.2, 0.25) is 0 Å². The van der Waals surface area contributed by atoms with Crippen LogP contribution >= 0.6 is 0 Å². The van der Waals surface area contributed by atoms with Gasteiger partial charge in [0.15, 0.2) is 0 Å². The fraction of sp³-hybridized carbons (Fsp3) is 0.444. The van der Waals surface area contributed by atoms with Gasteiger partial charge in [0.25, 0.3) is 0 Å². The zero-order chi connectivity index (χ0) is 14.4. The Morgan fingerprint density at radius 2 is 1.75 bits per heavy atom. The van der Waals surface area contributed by atoms with Crippen molar-refractivity contribution in [3.63, 3.8) is 0 Å². The van der Waals surface area contributed by atoms with Crippen LogP contribution in [0.5, 0.6) is 0 Å². The molecule has 2 aromatic rings. The second-order valence-corrected chi connectivity index (χ2v) is 5.33. The fourth-order valence-corrected chi connectivity index (χ4v) is 2.28. The topological polar surface area (TPSA) is 18.5 Å². The van der Waals surface area contributed by atoms with Crippen molar-refractivity contribution < 1.29 is 9.78 Å². The molecule has 2 atom stereocenters. The first-order valence-corrected chi connectivity index (χ1v) is 7.53. The van der Waals surface area contributed by atoms with E-state index in [1.807, 2.05) is 0 Å². The third kappa shape index (κ3) is 3.59. The molecule has 0 saturated heterocycles. The van der Waals surface area contributed by atoms with Crippen molar-refractivity contribution in [1.29, 1.82) is 0 Å². The number of hydrogen-bond acceptors (Lipinski definition) is 2. The zero-order valence-corrected chi connectivity index (χ0v) is 12.6. The lowest BCUT2D eigenvalue weighted by Gasteiger charge is -2.22. The van der Waals surface area contributed by atoms with Crippen molar-refractivity contribution in [3.05, 3.63) is 48.0 Å². The summed E-state index contributed by atoms with van der Waals surface area (Å²) in [6.45, 7) is 7.11. The number of rotatable bonds is 7. The monoisotopic (exact) mass is 272 g/mol. The number of hydrogen-bond donors (Lipinski definition) is 0. The molecule has 2 heteroatoms. The van der Waals surface area contributed by atoms with E-state index in [0.29, 0.717) is 12.5 Å². The Morgan fingerprint density at radius 1 is 1.00 bits per heavy atom. The second kappa shape index (κ2) is 7.41. The first kappa shape index (κ1) is 15.0. The van der Waals surface area contributed by atoms with Crippen LogP contribution in [0, 0.1) is 5.92 Å². The van der Waals surface area contributed by atoms with Crippen LogP contribution in [0.4, 0.5) is 0 Å². The largest absolute Gasteiger partial charge is 0.236 e. The van der Waals surface area contributed by atoms with Gasteiger partial charge in [0, 0.05) is 0 Å². The van der Waals surface area contributed by atoms with E-state index in [0.717, 1.165) is 12.8 Å². The van der Waals surface area contributed by atoms with Crippen LogP contribution in [-0.4, -0.2) is 6.61 Å². The molecule has 0 heterocycles. The van der Waals surface area contributed by atoms with Crippen molar-refractivity contribution >= 4 is 10.8 Å². The molecule has 0 spiro atoms. The van der Waals surface area contributed by atoms with Crippen molar-refractivity contribution in [2.75, 3.05) is 6.61 Å². The molecule has 0 saturated carbocycles. The normalized spacial score (nSPS) is 14.3. The fourth-order valence-electron chi connectivity index (χ4n) is 2.28. The first-order chi connectivity index (χ1) is 9.76. The minimum Gasteiger partial charge on any atom is -0.236 e. The van der Waals surface area contributed by atoms with Gasteiger partial charge in [-0.15, -0.1) is 0 Å². The lowest BCUT2D eigenvalue weighted by Crippen LogP contribution is -2.14. The Bertz CT molecular complexity index is 536. The zero-order valence-electron chi connectivity index (χ0n) is 12.6. The maximum absolute atomic E-state index is 5.67. The Hall–Kier alpha value is -1.38. The SMILES string of the molecule is CCCOOC(c1ccc2ccccc2c1)C(C)CC. The maximum atomic E-state index is 5.67. The Kier molecular flexibility index (Phi) is 5.57. The molecule has 0 amide bonds. The third-order valence-corrected chi connectivity index (χ3v) is 3.72. The van der Waals surface area contributed by atoms with Crippen molar-refractivity contribution in [3.8, 4) is 0 Å². The van der Waals surface area contributed by atoms with E-state index in [4.69, 9.17) is 9.78 Å². The summed E-state index contributed by atoms with van der Waals surface area (Å²) in [5, 5.41) is 2.51. The standard InChI is InChI=1S/C18H24O2/c1-4-12-19-20-18(14(3)5-2)17-11-10-15-8-6-7-9-16(15)13-17/h6-11,13-14,18H,4-5,12H2,1-3H3. The van der Waals surface area contributed by atoms with Gasteiger partial charge in [-0.3, -0.25) is 0 Å². The molecule has 0 aliphatic rings. The smallest absolute Gasteiger partial charge is 0.120 e. The summed E-state index contributed by atoms with van der Waals surface area (Å²) >= 11 is 0. The van der Waals surface area contributed by atoms with Gasteiger partial charge >= 0.3 is 0 Å². The van der Waals surface area contributed by atoms with Gasteiger partial charge in [0.1, 0.15) is 6.10 Å². The second-order valence-electron chi connectivity index (χ2n) is 5.33. The van der Waals surface area contributed by atoms with E-state index in [1.165, 1.54) is 16.3 Å². The molecule has 20 heavy (non-hydrogen) atoms. The summed E-state index contributed by atoms with van der Waals surface area (Å²) in [6, 6.07) is 14.9. The number of fused-ring (bicyclic) bond motifs is 1. The van der Waals surface area contributed by atoms with Crippen molar-refractivity contribution in [1.82, 2.24) is 0 Å². The molecular weight excluding hydrogens is 248 g/mol. The molecule has 2 unspecified atom stereocenters. The summed E-state index contributed by atoms with van der Waals surface area (Å²) < 4.78 is 0. The van der Waals surface area contributed by atoms with Crippen molar-refractivity contribution in [2.24, 2.45) is 5.92 Å². The van der Waals surface area contributed by atoms with Crippen LogP contribution in [0.2, 0.25) is 0 Å². The van der Waals surface area contributed by atoms with E-state index in [-0.39, 0.29) is 6.10 Å². The van der Waals surface area contributed by atoms with Gasteiger partial charge in [-0.05, 0) is 34.7 Å². The lowest BCUT2D eigenvalue weighted by atomic mass is 9.93. The summed E-state index contributed by atoms with van der Waals surface area (Å²) in [6.07, 6.45) is 2.02. The van der Waals surface area contributed by atoms with E-state index in [2.05, 4.69) is 63.2 Å². The van der Waals surface area contributed by atoms with Gasteiger partial charge in [0.05, 0.1) is 6.61 Å². The molecule has 0 aliphatic heterocycles. The molecule has 2 aromatic carbocycles. The summed E-state index contributed by atoms with van der Waals surface area (Å²) in [5.74, 6) is 0.424. The van der Waals surface area contributed by atoms with Crippen LogP contribution < -0.4 is 0 Å². The molecule has 0 bridgehead atoms. The van der Waals surface area contributed by atoms with E-state index in [9.17, 15) is 0 Å². The molecule has 0 aliphatic carbocycles. The number of benzene rings is 2. The highest BCUT2D eigenvalue weighted by Crippen LogP contribution is 2.30. The molecule has 2 rings (SSSR count). The molecular formula is C18H24O2. The molecule has 2 nitrogen and oxygen atoms in total. The van der Waals surface area contributed by atoms with E-state index < -0.39 is 0 Å². The molecule has 0 N–H and O–H groups in total. The predicted molar refractivity (Wildman–Crippen MR) is 83.5 cm³/mol. The van der Waals surface area contributed by atoms with E-state index >= 15 is 0 Å². The molecule has 0 fully saturated rings. The predicted octanol–water partition coefficient (Wildman–Crippen LogP) is 5.29. The van der Waals surface area contributed by atoms with Crippen LogP contribution in [0.3, 0.4) is 0 Å². The summed E-state index contributed by atoms with van der Waals surface area (Å²) in [5.41, 5.74) is 1.19. The highest BCUT2D eigenvalue weighted by atomic mass is 17.2. The summed E-state index contributed by atoms with van der Waals surface area (Å²) in [7, 11) is 0. The van der Waals surface area contributed by atoms with Crippen LogP contribution in [0.15, 0.2) is 42.5 Å². The molecule has 108 valence electrons. The third-order valence-electron chi connectivity index (χ3n) is 3.72. The average molecular weight is 272 g/mol.